The molecule has 1 N–H and O–H groups in total. The fourth-order valence-electron chi connectivity index (χ4n) is 3.51. The maximum Gasteiger partial charge on any atom is 0.268 e. The van der Waals surface area contributed by atoms with Crippen LogP contribution in [0.25, 0.3) is 0 Å². The van der Waals surface area contributed by atoms with Gasteiger partial charge < -0.3 is 5.32 Å². The second-order valence-electron chi connectivity index (χ2n) is 7.36. The monoisotopic (exact) mass is 452 g/mol. The molecule has 1 unspecified atom stereocenters. The van der Waals surface area contributed by atoms with Gasteiger partial charge in [-0.1, -0.05) is 52.9 Å². The molecule has 0 spiro atoms. The van der Waals surface area contributed by atoms with Crippen molar-refractivity contribution in [2.45, 2.75) is 37.3 Å². The van der Waals surface area contributed by atoms with E-state index in [1.165, 1.54) is 11.8 Å². The molecule has 0 radical (unpaired) electrons. The smallest absolute Gasteiger partial charge is 0.268 e. The van der Waals surface area contributed by atoms with Crippen LogP contribution in [0, 0.1) is 20.8 Å². The number of thioether (sulfide) groups is 1. The number of imide groups is 1. The van der Waals surface area contributed by atoms with Crippen molar-refractivity contribution in [1.29, 1.82) is 0 Å². The third-order valence-electron chi connectivity index (χ3n) is 4.95. The number of nitrogens with zero attached hydrogens (tertiary/aromatic N) is 3. The molecule has 3 amide bonds. The Morgan fingerprint density at radius 3 is 2.19 bits per heavy atom. The lowest BCUT2D eigenvalue weighted by atomic mass is 10.1. The highest BCUT2D eigenvalue weighted by Gasteiger charge is 2.38. The van der Waals surface area contributed by atoms with Crippen molar-refractivity contribution in [3.8, 4) is 0 Å². The zero-order valence-electron chi connectivity index (χ0n) is 17.4. The van der Waals surface area contributed by atoms with Crippen LogP contribution in [0.15, 0.2) is 40.7 Å². The number of aromatic nitrogens is 2. The van der Waals surface area contributed by atoms with E-state index >= 15 is 0 Å². The van der Waals surface area contributed by atoms with Gasteiger partial charge in [0.25, 0.3) is 11.8 Å². The molecule has 7 nitrogen and oxygen atoms in total. The van der Waals surface area contributed by atoms with Crippen molar-refractivity contribution in [3.05, 3.63) is 64.2 Å². The summed E-state index contributed by atoms with van der Waals surface area (Å²) in [6.07, 6.45) is 0. The minimum absolute atomic E-state index is 0.155. The lowest BCUT2D eigenvalue weighted by Crippen LogP contribution is -2.29. The van der Waals surface area contributed by atoms with E-state index < -0.39 is 17.1 Å². The third kappa shape index (κ3) is 3.98. The molecule has 1 aliphatic heterocycles. The number of carbonyl (C=O) groups excluding carboxylic acids is 3. The van der Waals surface area contributed by atoms with E-state index in [0.717, 1.165) is 38.6 Å². The summed E-state index contributed by atoms with van der Waals surface area (Å²) >= 11 is 2.35. The zero-order chi connectivity index (χ0) is 22.3. The molecule has 1 aromatic heterocycles. The van der Waals surface area contributed by atoms with Crippen molar-refractivity contribution < 1.29 is 14.4 Å². The van der Waals surface area contributed by atoms with Crippen LogP contribution in [-0.2, 0) is 4.79 Å². The second kappa shape index (κ2) is 8.24. The van der Waals surface area contributed by atoms with E-state index in [1.807, 2.05) is 32.9 Å². The first kappa shape index (κ1) is 21.2. The molecular formula is C22H20N4O3S2. The summed E-state index contributed by atoms with van der Waals surface area (Å²) in [6.45, 7) is 7.73. The van der Waals surface area contributed by atoms with Gasteiger partial charge in [-0.25, -0.2) is 4.90 Å². The molecule has 3 aromatic rings. The summed E-state index contributed by atoms with van der Waals surface area (Å²) in [4.78, 5) is 39.0. The Hall–Kier alpha value is -3.04. The quantitative estimate of drug-likeness (QED) is 0.351. The van der Waals surface area contributed by atoms with Gasteiger partial charge in [0, 0.05) is 5.69 Å². The Morgan fingerprint density at radius 2 is 1.61 bits per heavy atom. The van der Waals surface area contributed by atoms with Gasteiger partial charge in [-0.15, -0.1) is 10.2 Å². The SMILES string of the molecule is Cc1cc(C)c(NC(=O)C(C)Sc2nnc(N3C(=O)c4ccccc4C3=O)s2)c(C)c1. The number of aryl methyl sites for hydroxylation is 3. The van der Waals surface area contributed by atoms with Crippen molar-refractivity contribution in [3.63, 3.8) is 0 Å². The van der Waals surface area contributed by atoms with Gasteiger partial charge in [-0.3, -0.25) is 14.4 Å². The number of nitrogens with one attached hydrogen (secondary N) is 1. The number of carbonyl (C=O) groups is 3. The number of fused-ring (bicyclic) bond motifs is 1. The fraction of sp³-hybridized carbons (Fsp3) is 0.227. The van der Waals surface area contributed by atoms with Gasteiger partial charge in [0.1, 0.15) is 0 Å². The molecule has 1 atom stereocenters. The zero-order valence-corrected chi connectivity index (χ0v) is 19.1. The first-order chi connectivity index (χ1) is 14.8. The number of anilines is 2. The van der Waals surface area contributed by atoms with E-state index in [0.29, 0.717) is 15.5 Å². The van der Waals surface area contributed by atoms with Crippen LogP contribution < -0.4 is 10.2 Å². The van der Waals surface area contributed by atoms with Gasteiger partial charge in [0.05, 0.1) is 16.4 Å². The van der Waals surface area contributed by atoms with Crippen LogP contribution in [0.4, 0.5) is 10.8 Å². The Bertz CT molecular complexity index is 1160. The van der Waals surface area contributed by atoms with E-state index in [2.05, 4.69) is 15.5 Å². The molecule has 0 fully saturated rings. The Morgan fingerprint density at radius 1 is 1.03 bits per heavy atom. The Kier molecular flexibility index (Phi) is 5.63. The molecule has 0 saturated carbocycles. The van der Waals surface area contributed by atoms with E-state index in [9.17, 15) is 14.4 Å². The van der Waals surface area contributed by atoms with Gasteiger partial charge in [0.2, 0.25) is 11.0 Å². The van der Waals surface area contributed by atoms with E-state index in [1.54, 1.807) is 31.2 Å². The summed E-state index contributed by atoms with van der Waals surface area (Å²) < 4.78 is 0.506. The summed E-state index contributed by atoms with van der Waals surface area (Å²) in [7, 11) is 0. The average molecular weight is 453 g/mol. The Balaban J connectivity index is 1.47. The minimum Gasteiger partial charge on any atom is -0.325 e. The molecule has 2 aromatic carbocycles. The first-order valence-electron chi connectivity index (χ1n) is 9.63. The van der Waals surface area contributed by atoms with E-state index in [4.69, 9.17) is 0 Å². The predicted molar refractivity (Wildman–Crippen MR) is 122 cm³/mol. The molecule has 0 saturated heterocycles. The molecule has 158 valence electrons. The highest BCUT2D eigenvalue weighted by atomic mass is 32.2. The predicted octanol–water partition coefficient (Wildman–Crippen LogP) is 4.38. The summed E-state index contributed by atoms with van der Waals surface area (Å²) in [5.41, 5.74) is 4.68. The summed E-state index contributed by atoms with van der Waals surface area (Å²) in [6, 6.07) is 10.7. The van der Waals surface area contributed by atoms with Crippen LogP contribution in [0.3, 0.4) is 0 Å². The maximum atomic E-state index is 12.7. The normalized spacial score (nSPS) is 14.0. The molecule has 4 rings (SSSR count). The largest absolute Gasteiger partial charge is 0.325 e. The van der Waals surface area contributed by atoms with Gasteiger partial charge in [-0.05, 0) is 51.0 Å². The van der Waals surface area contributed by atoms with E-state index in [-0.39, 0.29) is 11.0 Å². The van der Waals surface area contributed by atoms with Crippen molar-refractivity contribution >= 4 is 51.6 Å². The van der Waals surface area contributed by atoms with Gasteiger partial charge in [-0.2, -0.15) is 0 Å². The molecule has 2 heterocycles. The van der Waals surface area contributed by atoms with Crippen molar-refractivity contribution in [2.75, 3.05) is 10.2 Å². The van der Waals surface area contributed by atoms with Crippen LogP contribution in [0.5, 0.6) is 0 Å². The lowest BCUT2D eigenvalue weighted by Gasteiger charge is -2.15. The highest BCUT2D eigenvalue weighted by molar-refractivity contribution is 8.02. The van der Waals surface area contributed by atoms with Crippen LogP contribution in [0.1, 0.15) is 44.3 Å². The summed E-state index contributed by atoms with van der Waals surface area (Å²) in [5, 5.41) is 10.8. The molecule has 0 bridgehead atoms. The maximum absolute atomic E-state index is 12.7. The standard InChI is InChI=1S/C22H20N4O3S2/c1-11-9-12(2)17(13(3)10-11)23-18(27)14(4)30-22-25-24-21(31-22)26-19(28)15-7-5-6-8-16(15)20(26)29/h5-10,14H,1-4H3,(H,23,27). The molecule has 0 aliphatic carbocycles. The third-order valence-corrected chi connectivity index (χ3v) is 7.05. The van der Waals surface area contributed by atoms with Gasteiger partial charge >= 0.3 is 0 Å². The average Bonchev–Trinajstić information content (AvgIpc) is 3.27. The van der Waals surface area contributed by atoms with Crippen LogP contribution in [0.2, 0.25) is 0 Å². The van der Waals surface area contributed by atoms with Crippen LogP contribution >= 0.6 is 23.1 Å². The van der Waals surface area contributed by atoms with Crippen LogP contribution in [-0.4, -0.2) is 33.2 Å². The number of hydrogen-bond donors (Lipinski definition) is 1. The second-order valence-corrected chi connectivity index (χ2v) is 9.91. The molecule has 31 heavy (non-hydrogen) atoms. The minimum atomic E-state index is -0.442. The first-order valence-corrected chi connectivity index (χ1v) is 11.3. The number of rotatable bonds is 5. The van der Waals surface area contributed by atoms with Gasteiger partial charge in [0.15, 0.2) is 4.34 Å². The fourth-order valence-corrected chi connectivity index (χ4v) is 5.49. The lowest BCUT2D eigenvalue weighted by molar-refractivity contribution is -0.115. The molecule has 9 heteroatoms. The summed E-state index contributed by atoms with van der Waals surface area (Å²) in [5.74, 6) is -0.980. The highest BCUT2D eigenvalue weighted by Crippen LogP contribution is 2.35. The van der Waals surface area contributed by atoms with Crippen molar-refractivity contribution in [2.24, 2.45) is 0 Å². The number of benzene rings is 2. The number of amides is 3. The molecular weight excluding hydrogens is 432 g/mol. The topological polar surface area (TPSA) is 92.3 Å². The molecule has 1 aliphatic rings. The number of hydrogen-bond acceptors (Lipinski definition) is 7. The Labute approximate surface area is 187 Å². The van der Waals surface area contributed by atoms with Crippen molar-refractivity contribution in [1.82, 2.24) is 10.2 Å².